The number of carbonyl (C=O) groups excluding carboxylic acids is 1. The van der Waals surface area contributed by atoms with Crippen molar-refractivity contribution in [3.63, 3.8) is 0 Å². The number of hydrogen-bond donors (Lipinski definition) is 1. The maximum atomic E-state index is 12.5. The van der Waals surface area contributed by atoms with Crippen LogP contribution in [0.4, 0.5) is 10.6 Å². The maximum Gasteiger partial charge on any atom is 0.416 e. The fourth-order valence-corrected chi connectivity index (χ4v) is 3.21. The van der Waals surface area contributed by atoms with Gasteiger partial charge >= 0.3 is 6.09 Å². The molecule has 0 spiro atoms. The molecule has 0 radical (unpaired) electrons. The average Bonchev–Trinajstić information content (AvgIpc) is 2.72. The highest BCUT2D eigenvalue weighted by molar-refractivity contribution is 9.10. The molecule has 1 N–H and O–H groups in total. The number of aromatic nitrogens is 1. The lowest BCUT2D eigenvalue weighted by Gasteiger charge is -2.29. The summed E-state index contributed by atoms with van der Waals surface area (Å²) in [5.74, 6) is 0.632. The molecular formula is C16H23BrN2O3. The predicted molar refractivity (Wildman–Crippen MR) is 89.2 cm³/mol. The van der Waals surface area contributed by atoms with Gasteiger partial charge in [-0.3, -0.25) is 4.90 Å². The minimum absolute atomic E-state index is 0.0714. The molecule has 1 aliphatic rings. The van der Waals surface area contributed by atoms with Crippen molar-refractivity contribution in [2.75, 3.05) is 18.1 Å². The normalized spacial score (nSPS) is 20.9. The molecule has 1 amide bonds. The summed E-state index contributed by atoms with van der Waals surface area (Å²) in [4.78, 5) is 18.5. The van der Waals surface area contributed by atoms with Gasteiger partial charge in [-0.15, -0.1) is 0 Å². The van der Waals surface area contributed by atoms with Gasteiger partial charge in [0.05, 0.1) is 0 Å². The molecule has 2 heterocycles. The van der Waals surface area contributed by atoms with Gasteiger partial charge in [0.15, 0.2) is 0 Å². The van der Waals surface area contributed by atoms with Crippen LogP contribution >= 0.6 is 15.9 Å². The summed E-state index contributed by atoms with van der Waals surface area (Å²) in [6.07, 6.45) is 2.70. The summed E-state index contributed by atoms with van der Waals surface area (Å²) in [6.45, 7) is 8.16. The molecule has 1 aliphatic heterocycles. The van der Waals surface area contributed by atoms with E-state index in [1.807, 2.05) is 26.8 Å². The Bertz CT molecular complexity index is 571. The third-order valence-corrected chi connectivity index (χ3v) is 4.44. The van der Waals surface area contributed by atoms with Crippen LogP contribution < -0.4 is 4.90 Å². The van der Waals surface area contributed by atoms with Gasteiger partial charge in [-0.1, -0.05) is 6.92 Å². The van der Waals surface area contributed by atoms with Crippen LogP contribution in [0.3, 0.4) is 0 Å². The zero-order valence-corrected chi connectivity index (χ0v) is 15.1. The van der Waals surface area contributed by atoms with Crippen LogP contribution in [0.25, 0.3) is 0 Å². The van der Waals surface area contributed by atoms with Crippen molar-refractivity contribution in [1.29, 1.82) is 0 Å². The zero-order chi connectivity index (χ0) is 16.5. The van der Waals surface area contributed by atoms with E-state index in [1.165, 1.54) is 0 Å². The highest BCUT2D eigenvalue weighted by Crippen LogP contribution is 2.45. The number of rotatable bonds is 3. The van der Waals surface area contributed by atoms with Crippen LogP contribution in [-0.4, -0.2) is 34.9 Å². The van der Waals surface area contributed by atoms with Crippen molar-refractivity contribution in [1.82, 2.24) is 4.98 Å². The number of ether oxygens (including phenoxy) is 1. The summed E-state index contributed by atoms with van der Waals surface area (Å²) in [6, 6.07) is 1.99. The van der Waals surface area contributed by atoms with Gasteiger partial charge in [-0.05, 0) is 55.6 Å². The SMILES string of the molecule is CCC1(CCO)CN(C(=O)OC(C)(C)C)c2ncc(Br)cc21. The second-order valence-corrected chi connectivity index (χ2v) is 7.61. The topological polar surface area (TPSA) is 62.7 Å². The number of fused-ring (bicyclic) bond motifs is 1. The number of aliphatic hydroxyl groups is 1. The van der Waals surface area contributed by atoms with Crippen molar-refractivity contribution in [3.8, 4) is 0 Å². The summed E-state index contributed by atoms with van der Waals surface area (Å²) in [5, 5.41) is 9.46. The van der Waals surface area contributed by atoms with Crippen LogP contribution in [-0.2, 0) is 10.2 Å². The fourth-order valence-electron chi connectivity index (χ4n) is 2.87. The van der Waals surface area contributed by atoms with E-state index in [-0.39, 0.29) is 12.0 Å². The van der Waals surface area contributed by atoms with Gasteiger partial charge in [0.25, 0.3) is 0 Å². The molecule has 22 heavy (non-hydrogen) atoms. The van der Waals surface area contributed by atoms with E-state index in [0.29, 0.717) is 18.8 Å². The first-order chi connectivity index (χ1) is 10.2. The molecule has 1 atom stereocenters. The molecule has 1 unspecified atom stereocenters. The van der Waals surface area contributed by atoms with Gasteiger partial charge in [0.2, 0.25) is 0 Å². The Balaban J connectivity index is 2.43. The Morgan fingerprint density at radius 3 is 2.77 bits per heavy atom. The standard InChI is InChI=1S/C16H23BrN2O3/c1-5-16(6-7-20)10-19(14(21)22-15(2,3)4)13-12(16)8-11(17)9-18-13/h8-9,20H,5-7,10H2,1-4H3. The minimum atomic E-state index is -0.555. The van der Waals surface area contributed by atoms with Crippen molar-refractivity contribution >= 4 is 27.8 Å². The van der Waals surface area contributed by atoms with Gasteiger partial charge in [0.1, 0.15) is 11.4 Å². The number of amides is 1. The lowest BCUT2D eigenvalue weighted by molar-refractivity contribution is 0.0574. The minimum Gasteiger partial charge on any atom is -0.443 e. The number of aliphatic hydroxyl groups excluding tert-OH is 1. The Hall–Kier alpha value is -1.14. The largest absolute Gasteiger partial charge is 0.443 e. The van der Waals surface area contributed by atoms with E-state index in [4.69, 9.17) is 4.74 Å². The Labute approximate surface area is 139 Å². The number of carbonyl (C=O) groups is 1. The summed E-state index contributed by atoms with van der Waals surface area (Å²) in [7, 11) is 0. The first-order valence-corrected chi connectivity index (χ1v) is 8.29. The van der Waals surface area contributed by atoms with Crippen molar-refractivity contribution in [3.05, 3.63) is 22.3 Å². The quantitative estimate of drug-likeness (QED) is 0.882. The maximum absolute atomic E-state index is 12.5. The van der Waals surface area contributed by atoms with Crippen molar-refractivity contribution < 1.29 is 14.6 Å². The first kappa shape index (κ1) is 17.2. The Morgan fingerprint density at radius 2 is 2.23 bits per heavy atom. The van der Waals surface area contributed by atoms with E-state index in [1.54, 1.807) is 11.1 Å². The number of anilines is 1. The number of pyridine rings is 1. The van der Waals surface area contributed by atoms with E-state index in [0.717, 1.165) is 16.5 Å². The van der Waals surface area contributed by atoms with Crippen LogP contribution in [0.5, 0.6) is 0 Å². The summed E-state index contributed by atoms with van der Waals surface area (Å²) < 4.78 is 6.37. The molecule has 5 nitrogen and oxygen atoms in total. The lowest BCUT2D eigenvalue weighted by Crippen LogP contribution is -2.40. The van der Waals surface area contributed by atoms with Crippen LogP contribution in [0.15, 0.2) is 16.7 Å². The molecule has 0 fully saturated rings. The highest BCUT2D eigenvalue weighted by atomic mass is 79.9. The van der Waals surface area contributed by atoms with Crippen LogP contribution in [0.1, 0.15) is 46.1 Å². The number of hydrogen-bond acceptors (Lipinski definition) is 4. The Morgan fingerprint density at radius 1 is 1.55 bits per heavy atom. The van der Waals surface area contributed by atoms with E-state index < -0.39 is 11.7 Å². The van der Waals surface area contributed by atoms with E-state index in [9.17, 15) is 9.90 Å². The van der Waals surface area contributed by atoms with Gasteiger partial charge in [-0.2, -0.15) is 0 Å². The molecule has 0 aliphatic carbocycles. The third-order valence-electron chi connectivity index (χ3n) is 4.00. The number of halogens is 1. The molecule has 2 rings (SSSR count). The first-order valence-electron chi connectivity index (χ1n) is 7.50. The van der Waals surface area contributed by atoms with Gasteiger partial charge in [0, 0.05) is 34.8 Å². The molecule has 6 heteroatoms. The molecule has 0 aromatic carbocycles. The van der Waals surface area contributed by atoms with E-state index >= 15 is 0 Å². The molecule has 0 bridgehead atoms. The second kappa shape index (κ2) is 6.16. The fraction of sp³-hybridized carbons (Fsp3) is 0.625. The summed E-state index contributed by atoms with van der Waals surface area (Å²) in [5.41, 5.74) is 0.156. The third kappa shape index (κ3) is 3.27. The van der Waals surface area contributed by atoms with E-state index in [2.05, 4.69) is 27.8 Å². The average molecular weight is 371 g/mol. The summed E-state index contributed by atoms with van der Waals surface area (Å²) >= 11 is 3.44. The molecule has 1 aromatic heterocycles. The molecule has 122 valence electrons. The second-order valence-electron chi connectivity index (χ2n) is 6.70. The molecular weight excluding hydrogens is 348 g/mol. The Kier molecular flexibility index (Phi) is 4.82. The lowest BCUT2D eigenvalue weighted by atomic mass is 9.78. The smallest absolute Gasteiger partial charge is 0.416 e. The predicted octanol–water partition coefficient (Wildman–Crippen LogP) is 3.63. The highest BCUT2D eigenvalue weighted by Gasteiger charge is 2.45. The van der Waals surface area contributed by atoms with Crippen LogP contribution in [0.2, 0.25) is 0 Å². The molecule has 1 aromatic rings. The van der Waals surface area contributed by atoms with Gasteiger partial charge < -0.3 is 9.84 Å². The van der Waals surface area contributed by atoms with Crippen LogP contribution in [0, 0.1) is 0 Å². The van der Waals surface area contributed by atoms with Crippen molar-refractivity contribution in [2.45, 2.75) is 51.6 Å². The van der Waals surface area contributed by atoms with Gasteiger partial charge in [-0.25, -0.2) is 9.78 Å². The zero-order valence-electron chi connectivity index (χ0n) is 13.5. The molecule has 0 saturated heterocycles. The van der Waals surface area contributed by atoms with Crippen molar-refractivity contribution in [2.24, 2.45) is 0 Å². The number of nitrogens with zero attached hydrogens (tertiary/aromatic N) is 2. The monoisotopic (exact) mass is 370 g/mol. The molecule has 0 saturated carbocycles.